The van der Waals surface area contributed by atoms with Crippen LogP contribution in [-0.4, -0.2) is 57.3 Å². The Morgan fingerprint density at radius 3 is 2.58 bits per heavy atom. The number of carbonyl (C=O) groups excluding carboxylic acids is 2. The summed E-state index contributed by atoms with van der Waals surface area (Å²) in [5.74, 6) is 1.26. The lowest BCUT2D eigenvalue weighted by Gasteiger charge is -2.24. The molecule has 6 heteroatoms. The van der Waals surface area contributed by atoms with Crippen molar-refractivity contribution in [1.82, 2.24) is 19.4 Å². The van der Waals surface area contributed by atoms with Gasteiger partial charge < -0.3 is 14.4 Å². The zero-order chi connectivity index (χ0) is 18.1. The molecule has 0 spiro atoms. The second-order valence-electron chi connectivity index (χ2n) is 7.19. The van der Waals surface area contributed by atoms with E-state index in [0.717, 1.165) is 25.2 Å². The number of hydrogen-bond donors (Lipinski definition) is 0. The summed E-state index contributed by atoms with van der Waals surface area (Å²) in [4.78, 5) is 33.2. The van der Waals surface area contributed by atoms with Gasteiger partial charge in [-0.3, -0.25) is 9.59 Å². The quantitative estimate of drug-likeness (QED) is 0.469. The fourth-order valence-electron chi connectivity index (χ4n) is 3.99. The molecule has 0 aliphatic carbocycles. The van der Waals surface area contributed by atoms with Gasteiger partial charge >= 0.3 is 0 Å². The van der Waals surface area contributed by atoms with Gasteiger partial charge in [0.05, 0.1) is 5.92 Å². The van der Waals surface area contributed by atoms with Crippen LogP contribution in [0.4, 0.5) is 0 Å². The van der Waals surface area contributed by atoms with Crippen molar-refractivity contribution in [3.8, 4) is 0 Å². The maximum Gasteiger partial charge on any atom is 0.247 e. The Kier molecular flexibility index (Phi) is 4.49. The molecule has 3 aliphatic heterocycles. The van der Waals surface area contributed by atoms with Crippen LogP contribution in [0.25, 0.3) is 0 Å². The molecule has 2 amide bonds. The van der Waals surface area contributed by atoms with E-state index in [-0.39, 0.29) is 17.7 Å². The van der Waals surface area contributed by atoms with Gasteiger partial charge in [-0.1, -0.05) is 25.2 Å². The summed E-state index contributed by atoms with van der Waals surface area (Å²) >= 11 is 0. The van der Waals surface area contributed by atoms with Crippen LogP contribution in [-0.2, 0) is 22.6 Å². The lowest BCUT2D eigenvalue weighted by atomic mass is 10.1. The molecule has 4 rings (SSSR count). The Hall–Kier alpha value is -2.63. The Bertz CT molecular complexity index is 779. The third-order valence-corrected chi connectivity index (χ3v) is 5.37. The number of imidazole rings is 1. The molecule has 4 heterocycles. The molecule has 1 unspecified atom stereocenters. The van der Waals surface area contributed by atoms with Crippen molar-refractivity contribution < 1.29 is 9.59 Å². The van der Waals surface area contributed by atoms with Gasteiger partial charge in [-0.25, -0.2) is 4.98 Å². The van der Waals surface area contributed by atoms with Gasteiger partial charge in [0.1, 0.15) is 5.82 Å². The first-order chi connectivity index (χ1) is 12.7. The SMILES string of the molecule is CC/C=C/C=C/C(=O)N1CC2=C(C1)CN(C(=O)C1Cc3nccn3C1)C2. The van der Waals surface area contributed by atoms with Crippen LogP contribution in [0.3, 0.4) is 0 Å². The normalized spacial score (nSPS) is 22.1. The van der Waals surface area contributed by atoms with E-state index in [1.807, 2.05) is 28.1 Å². The molecule has 1 aromatic heterocycles. The van der Waals surface area contributed by atoms with E-state index < -0.39 is 0 Å². The fourth-order valence-corrected chi connectivity index (χ4v) is 3.99. The molecule has 1 aromatic rings. The van der Waals surface area contributed by atoms with Gasteiger partial charge in [0.25, 0.3) is 0 Å². The molecule has 0 N–H and O–H groups in total. The maximum atomic E-state index is 12.8. The van der Waals surface area contributed by atoms with Crippen molar-refractivity contribution in [3.63, 3.8) is 0 Å². The number of aromatic nitrogens is 2. The van der Waals surface area contributed by atoms with Crippen molar-refractivity contribution in [1.29, 1.82) is 0 Å². The number of allylic oxidation sites excluding steroid dienone is 3. The first kappa shape index (κ1) is 16.8. The Balaban J connectivity index is 1.29. The van der Waals surface area contributed by atoms with Crippen molar-refractivity contribution in [3.05, 3.63) is 53.7 Å². The molecule has 0 bridgehead atoms. The third-order valence-electron chi connectivity index (χ3n) is 5.37. The molecular weight excluding hydrogens is 328 g/mol. The van der Waals surface area contributed by atoms with Crippen LogP contribution in [0.2, 0.25) is 0 Å². The molecule has 1 atom stereocenters. The van der Waals surface area contributed by atoms with Crippen LogP contribution in [0.15, 0.2) is 47.8 Å². The first-order valence-electron chi connectivity index (χ1n) is 9.26. The average Bonchev–Trinajstić information content (AvgIpc) is 3.35. The number of fused-ring (bicyclic) bond motifs is 1. The smallest absolute Gasteiger partial charge is 0.247 e. The zero-order valence-electron chi connectivity index (χ0n) is 15.1. The predicted molar refractivity (Wildman–Crippen MR) is 98.2 cm³/mol. The second-order valence-corrected chi connectivity index (χ2v) is 7.19. The summed E-state index contributed by atoms with van der Waals surface area (Å²) in [6.07, 6.45) is 12.8. The number of carbonyl (C=O) groups is 2. The van der Waals surface area contributed by atoms with Crippen LogP contribution in [0.5, 0.6) is 0 Å². The maximum absolute atomic E-state index is 12.8. The number of nitrogens with zero attached hydrogens (tertiary/aromatic N) is 4. The Morgan fingerprint density at radius 2 is 1.88 bits per heavy atom. The lowest BCUT2D eigenvalue weighted by Crippen LogP contribution is -2.39. The van der Waals surface area contributed by atoms with E-state index in [4.69, 9.17) is 0 Å². The summed E-state index contributed by atoms with van der Waals surface area (Å²) in [5, 5.41) is 0. The van der Waals surface area contributed by atoms with Gasteiger partial charge in [0.2, 0.25) is 11.8 Å². The Morgan fingerprint density at radius 1 is 1.15 bits per heavy atom. The highest BCUT2D eigenvalue weighted by molar-refractivity contribution is 5.89. The molecule has 0 saturated carbocycles. The molecule has 136 valence electrons. The van der Waals surface area contributed by atoms with E-state index in [2.05, 4.69) is 16.5 Å². The molecule has 26 heavy (non-hydrogen) atoms. The van der Waals surface area contributed by atoms with Crippen molar-refractivity contribution in [2.24, 2.45) is 5.92 Å². The van der Waals surface area contributed by atoms with Gasteiger partial charge in [0.15, 0.2) is 0 Å². The third kappa shape index (κ3) is 3.11. The number of rotatable bonds is 4. The average molecular weight is 352 g/mol. The second kappa shape index (κ2) is 6.94. The van der Waals surface area contributed by atoms with Crippen LogP contribution in [0.1, 0.15) is 19.2 Å². The summed E-state index contributed by atoms with van der Waals surface area (Å²) in [5.41, 5.74) is 2.47. The molecule has 6 nitrogen and oxygen atoms in total. The number of hydrogen-bond acceptors (Lipinski definition) is 3. The highest BCUT2D eigenvalue weighted by atomic mass is 16.2. The van der Waals surface area contributed by atoms with E-state index >= 15 is 0 Å². The molecule has 3 aliphatic rings. The van der Waals surface area contributed by atoms with E-state index in [1.165, 1.54) is 11.1 Å². The largest absolute Gasteiger partial charge is 0.334 e. The highest BCUT2D eigenvalue weighted by Gasteiger charge is 2.37. The predicted octanol–water partition coefficient (Wildman–Crippen LogP) is 1.56. The molecular formula is C20H24N4O2. The van der Waals surface area contributed by atoms with Gasteiger partial charge in [-0.2, -0.15) is 0 Å². The van der Waals surface area contributed by atoms with Gasteiger partial charge in [-0.05, 0) is 17.6 Å². The van der Waals surface area contributed by atoms with E-state index in [9.17, 15) is 9.59 Å². The van der Waals surface area contributed by atoms with Crippen LogP contribution < -0.4 is 0 Å². The molecule has 0 aromatic carbocycles. The summed E-state index contributed by atoms with van der Waals surface area (Å²) in [7, 11) is 0. The molecule has 0 fully saturated rings. The standard InChI is InChI=1S/C20H24N4O2/c1-2-3-4-5-6-19(25)23-11-16-13-24(14-17(16)12-23)20(26)15-9-18-21-7-8-22(18)10-15/h3-8,15H,2,9-14H2,1H3/b4-3+,6-5+. The van der Waals surface area contributed by atoms with E-state index in [1.54, 1.807) is 18.3 Å². The minimum Gasteiger partial charge on any atom is -0.334 e. The topological polar surface area (TPSA) is 58.4 Å². The van der Waals surface area contributed by atoms with Crippen molar-refractivity contribution >= 4 is 11.8 Å². The van der Waals surface area contributed by atoms with Crippen LogP contribution in [0, 0.1) is 5.92 Å². The molecule has 0 radical (unpaired) electrons. The monoisotopic (exact) mass is 352 g/mol. The highest BCUT2D eigenvalue weighted by Crippen LogP contribution is 2.29. The summed E-state index contributed by atoms with van der Waals surface area (Å²) in [6, 6.07) is 0. The lowest BCUT2D eigenvalue weighted by molar-refractivity contribution is -0.134. The minimum atomic E-state index is 0.00440. The zero-order valence-corrected chi connectivity index (χ0v) is 15.1. The fraction of sp³-hybridized carbons (Fsp3) is 0.450. The van der Waals surface area contributed by atoms with E-state index in [0.29, 0.717) is 26.2 Å². The number of amides is 2. The van der Waals surface area contributed by atoms with Gasteiger partial charge in [-0.15, -0.1) is 0 Å². The summed E-state index contributed by atoms with van der Waals surface area (Å²) in [6.45, 7) is 5.41. The van der Waals surface area contributed by atoms with Crippen molar-refractivity contribution in [2.45, 2.75) is 26.3 Å². The van der Waals surface area contributed by atoms with Gasteiger partial charge in [0, 0.05) is 57.6 Å². The molecule has 0 saturated heterocycles. The Labute approximate surface area is 153 Å². The first-order valence-corrected chi connectivity index (χ1v) is 9.26. The van der Waals surface area contributed by atoms with Crippen LogP contribution >= 0.6 is 0 Å². The summed E-state index contributed by atoms with van der Waals surface area (Å²) < 4.78 is 2.07. The van der Waals surface area contributed by atoms with Crippen molar-refractivity contribution in [2.75, 3.05) is 26.2 Å². The minimum absolute atomic E-state index is 0.00440.